The summed E-state index contributed by atoms with van der Waals surface area (Å²) >= 11 is 3.56. The highest BCUT2D eigenvalue weighted by molar-refractivity contribution is 7.10. The average Bonchev–Trinajstić information content (AvgIpc) is 3.33. The van der Waals surface area contributed by atoms with Gasteiger partial charge in [-0.1, -0.05) is 6.07 Å². The molecule has 1 aliphatic heterocycles. The van der Waals surface area contributed by atoms with Crippen molar-refractivity contribution < 1.29 is 0 Å². The SMILES string of the molecule is CCNC(=NCC1CCN(Cc2csc(C)n2)CC1)NCCc1cccs1. The van der Waals surface area contributed by atoms with Gasteiger partial charge in [0.1, 0.15) is 0 Å². The molecule has 0 unspecified atom stereocenters. The highest BCUT2D eigenvalue weighted by atomic mass is 32.1. The van der Waals surface area contributed by atoms with Gasteiger partial charge in [-0.2, -0.15) is 0 Å². The average molecular weight is 406 g/mol. The first-order chi connectivity index (χ1) is 13.2. The summed E-state index contributed by atoms with van der Waals surface area (Å²) in [6.07, 6.45) is 3.50. The molecule has 0 radical (unpaired) electrons. The fourth-order valence-electron chi connectivity index (χ4n) is 3.36. The van der Waals surface area contributed by atoms with E-state index in [0.29, 0.717) is 5.92 Å². The van der Waals surface area contributed by atoms with Gasteiger partial charge < -0.3 is 10.6 Å². The minimum atomic E-state index is 0.686. The second-order valence-corrected chi connectivity index (χ2v) is 9.15. The molecule has 0 spiro atoms. The molecule has 148 valence electrons. The molecule has 1 saturated heterocycles. The molecule has 2 aromatic heterocycles. The molecular weight excluding hydrogens is 374 g/mol. The molecule has 0 atom stereocenters. The van der Waals surface area contributed by atoms with Crippen molar-refractivity contribution in [2.75, 3.05) is 32.7 Å². The summed E-state index contributed by atoms with van der Waals surface area (Å²) in [5.74, 6) is 1.64. The molecule has 7 heteroatoms. The topological polar surface area (TPSA) is 52.6 Å². The molecule has 5 nitrogen and oxygen atoms in total. The van der Waals surface area contributed by atoms with E-state index >= 15 is 0 Å². The number of piperidine rings is 1. The van der Waals surface area contributed by atoms with E-state index < -0.39 is 0 Å². The van der Waals surface area contributed by atoms with Gasteiger partial charge in [-0.3, -0.25) is 9.89 Å². The van der Waals surface area contributed by atoms with Crippen LogP contribution in [-0.2, 0) is 13.0 Å². The van der Waals surface area contributed by atoms with Crippen LogP contribution in [0, 0.1) is 12.8 Å². The highest BCUT2D eigenvalue weighted by Gasteiger charge is 2.19. The number of likely N-dealkylation sites (tertiary alicyclic amines) is 1. The largest absolute Gasteiger partial charge is 0.357 e. The summed E-state index contributed by atoms with van der Waals surface area (Å²) in [7, 11) is 0. The third-order valence-corrected chi connectivity index (χ3v) is 6.61. The van der Waals surface area contributed by atoms with Crippen molar-refractivity contribution >= 4 is 28.6 Å². The fourth-order valence-corrected chi connectivity index (χ4v) is 4.67. The quantitative estimate of drug-likeness (QED) is 0.521. The Morgan fingerprint density at radius 1 is 1.30 bits per heavy atom. The fraction of sp³-hybridized carbons (Fsp3) is 0.600. The first kappa shape index (κ1) is 20.3. The number of aliphatic imine (C=N–C) groups is 1. The van der Waals surface area contributed by atoms with Crippen LogP contribution < -0.4 is 10.6 Å². The molecule has 0 bridgehead atoms. The van der Waals surface area contributed by atoms with E-state index in [0.717, 1.165) is 56.7 Å². The molecule has 0 saturated carbocycles. The van der Waals surface area contributed by atoms with Crippen molar-refractivity contribution in [1.29, 1.82) is 0 Å². The third kappa shape index (κ3) is 6.90. The van der Waals surface area contributed by atoms with Crippen LogP contribution in [0.3, 0.4) is 0 Å². The van der Waals surface area contributed by atoms with Gasteiger partial charge in [0.2, 0.25) is 0 Å². The standard InChI is InChI=1S/C20H31N5S2/c1-3-21-20(22-9-6-19-5-4-12-26-19)23-13-17-7-10-25(11-8-17)14-18-15-27-16(2)24-18/h4-5,12,15,17H,3,6-11,13-14H2,1-2H3,(H2,21,22,23). The summed E-state index contributed by atoms with van der Waals surface area (Å²) < 4.78 is 0. The normalized spacial score (nSPS) is 16.6. The van der Waals surface area contributed by atoms with Crippen LogP contribution >= 0.6 is 22.7 Å². The van der Waals surface area contributed by atoms with Crippen molar-refractivity contribution in [2.24, 2.45) is 10.9 Å². The smallest absolute Gasteiger partial charge is 0.191 e. The van der Waals surface area contributed by atoms with E-state index in [1.165, 1.54) is 23.4 Å². The Labute approximate surface area is 170 Å². The van der Waals surface area contributed by atoms with Crippen molar-refractivity contribution in [2.45, 2.75) is 39.7 Å². The number of thiophene rings is 1. The van der Waals surface area contributed by atoms with Crippen molar-refractivity contribution in [1.82, 2.24) is 20.5 Å². The number of hydrogen-bond acceptors (Lipinski definition) is 5. The molecule has 3 heterocycles. The van der Waals surface area contributed by atoms with Gasteiger partial charge in [-0.25, -0.2) is 4.98 Å². The Morgan fingerprint density at radius 2 is 2.15 bits per heavy atom. The molecule has 0 aromatic carbocycles. The van der Waals surface area contributed by atoms with E-state index in [2.05, 4.69) is 57.3 Å². The molecular formula is C20H31N5S2. The van der Waals surface area contributed by atoms with Crippen LogP contribution in [0.4, 0.5) is 0 Å². The number of nitrogens with zero attached hydrogens (tertiary/aromatic N) is 3. The van der Waals surface area contributed by atoms with E-state index in [9.17, 15) is 0 Å². The molecule has 1 aliphatic rings. The predicted molar refractivity (Wildman–Crippen MR) is 117 cm³/mol. The van der Waals surface area contributed by atoms with Crippen molar-refractivity contribution in [3.05, 3.63) is 38.5 Å². The number of guanidine groups is 1. The lowest BCUT2D eigenvalue weighted by atomic mass is 9.97. The summed E-state index contributed by atoms with van der Waals surface area (Å²) in [6, 6.07) is 4.30. The number of hydrogen-bond donors (Lipinski definition) is 2. The Hall–Kier alpha value is -1.44. The van der Waals surface area contributed by atoms with Gasteiger partial charge in [-0.05, 0) is 63.6 Å². The van der Waals surface area contributed by atoms with Crippen molar-refractivity contribution in [3.8, 4) is 0 Å². The van der Waals surface area contributed by atoms with Gasteiger partial charge in [0, 0.05) is 36.4 Å². The summed E-state index contributed by atoms with van der Waals surface area (Å²) in [5, 5.41) is 12.3. The van der Waals surface area contributed by atoms with E-state index in [1.54, 1.807) is 11.3 Å². The Bertz CT molecular complexity index is 687. The lowest BCUT2D eigenvalue weighted by molar-refractivity contribution is 0.179. The Kier molecular flexibility index (Phi) is 8.10. The minimum absolute atomic E-state index is 0.686. The number of rotatable bonds is 8. The first-order valence-electron chi connectivity index (χ1n) is 9.91. The van der Waals surface area contributed by atoms with Gasteiger partial charge in [0.25, 0.3) is 0 Å². The number of nitrogens with one attached hydrogen (secondary N) is 2. The summed E-state index contributed by atoms with van der Waals surface area (Å²) in [5.41, 5.74) is 1.22. The Balaban J connectivity index is 1.39. The van der Waals surface area contributed by atoms with Crippen LogP contribution in [0.2, 0.25) is 0 Å². The molecule has 0 amide bonds. The van der Waals surface area contributed by atoms with E-state index in [1.807, 2.05) is 11.3 Å². The highest BCUT2D eigenvalue weighted by Crippen LogP contribution is 2.20. The molecule has 3 rings (SSSR count). The van der Waals surface area contributed by atoms with Gasteiger partial charge >= 0.3 is 0 Å². The van der Waals surface area contributed by atoms with Crippen molar-refractivity contribution in [3.63, 3.8) is 0 Å². The maximum absolute atomic E-state index is 4.84. The number of aryl methyl sites for hydroxylation is 1. The van der Waals surface area contributed by atoms with Crippen LogP contribution in [-0.4, -0.2) is 48.6 Å². The zero-order valence-corrected chi connectivity index (χ0v) is 18.0. The van der Waals surface area contributed by atoms with Gasteiger partial charge in [-0.15, -0.1) is 22.7 Å². The van der Waals surface area contributed by atoms with Crippen LogP contribution in [0.5, 0.6) is 0 Å². The zero-order valence-electron chi connectivity index (χ0n) is 16.4. The summed E-state index contributed by atoms with van der Waals surface area (Å²) in [4.78, 5) is 13.4. The minimum Gasteiger partial charge on any atom is -0.357 e. The second-order valence-electron chi connectivity index (χ2n) is 7.05. The maximum Gasteiger partial charge on any atom is 0.191 e. The lowest BCUT2D eigenvalue weighted by Gasteiger charge is -2.30. The molecule has 0 aliphatic carbocycles. The molecule has 1 fully saturated rings. The van der Waals surface area contributed by atoms with Crippen LogP contribution in [0.1, 0.15) is 35.3 Å². The zero-order chi connectivity index (χ0) is 18.9. The van der Waals surface area contributed by atoms with E-state index in [4.69, 9.17) is 4.99 Å². The predicted octanol–water partition coefficient (Wildman–Crippen LogP) is 3.52. The van der Waals surface area contributed by atoms with Gasteiger partial charge in [0.05, 0.1) is 10.7 Å². The molecule has 27 heavy (non-hydrogen) atoms. The second kappa shape index (κ2) is 10.8. The van der Waals surface area contributed by atoms with Crippen LogP contribution in [0.25, 0.3) is 0 Å². The van der Waals surface area contributed by atoms with E-state index in [-0.39, 0.29) is 0 Å². The van der Waals surface area contributed by atoms with Crippen LogP contribution in [0.15, 0.2) is 27.9 Å². The number of aromatic nitrogens is 1. The summed E-state index contributed by atoms with van der Waals surface area (Å²) in [6.45, 7) is 10.2. The molecule has 2 N–H and O–H groups in total. The number of thiazole rings is 1. The first-order valence-corrected chi connectivity index (χ1v) is 11.7. The monoisotopic (exact) mass is 405 g/mol. The lowest BCUT2D eigenvalue weighted by Crippen LogP contribution is -2.39. The van der Waals surface area contributed by atoms with Gasteiger partial charge in [0.15, 0.2) is 5.96 Å². The molecule has 2 aromatic rings. The third-order valence-electron chi connectivity index (χ3n) is 4.86. The maximum atomic E-state index is 4.84. The Morgan fingerprint density at radius 3 is 2.81 bits per heavy atom.